The molecule has 0 aliphatic carbocycles. The van der Waals surface area contributed by atoms with Gasteiger partial charge in [-0.1, -0.05) is 20.3 Å². The molecular formula is C9H24N2Si. The molecule has 12 heavy (non-hydrogen) atoms. The Morgan fingerprint density at radius 2 is 1.83 bits per heavy atom. The highest BCUT2D eigenvalue weighted by Gasteiger charge is 2.32. The van der Waals surface area contributed by atoms with Crippen molar-refractivity contribution in [3.8, 4) is 0 Å². The molecule has 0 aliphatic rings. The number of hydrogen-bond donors (Lipinski definition) is 2. The van der Waals surface area contributed by atoms with Crippen LogP contribution in [-0.2, 0) is 0 Å². The van der Waals surface area contributed by atoms with E-state index in [0.717, 1.165) is 5.92 Å². The Labute approximate surface area is 79.9 Å². The second kappa shape index (κ2) is 4.99. The Kier molecular flexibility index (Phi) is 5.05. The smallest absolute Gasteiger partial charge is 0.0304 e. The number of rotatable bonds is 5. The zero-order valence-corrected chi connectivity index (χ0v) is 11.4. The minimum Gasteiger partial charge on any atom is -0.316 e. The average molecular weight is 188 g/mol. The molecule has 0 spiro atoms. The van der Waals surface area contributed by atoms with Gasteiger partial charge in [0.2, 0.25) is 0 Å². The van der Waals surface area contributed by atoms with Crippen LogP contribution in [0.2, 0.25) is 0 Å². The zero-order chi connectivity index (χ0) is 9.78. The highest BCUT2D eigenvalue weighted by Crippen LogP contribution is 2.20. The molecule has 0 fully saturated rings. The van der Waals surface area contributed by atoms with Crippen LogP contribution in [0.25, 0.3) is 0 Å². The van der Waals surface area contributed by atoms with Gasteiger partial charge in [-0.2, -0.15) is 0 Å². The highest BCUT2D eigenvalue weighted by molar-refractivity contribution is 6.16. The van der Waals surface area contributed by atoms with Crippen molar-refractivity contribution in [2.75, 3.05) is 14.1 Å². The first-order valence-electron chi connectivity index (χ1n) is 4.89. The Bertz CT molecular complexity index is 118. The third-order valence-electron chi connectivity index (χ3n) is 3.51. The van der Waals surface area contributed by atoms with E-state index in [1.54, 1.807) is 0 Å². The lowest BCUT2D eigenvalue weighted by atomic mass is 9.92. The Morgan fingerprint density at radius 3 is 2.08 bits per heavy atom. The minimum atomic E-state index is 0.337. The molecule has 0 rings (SSSR count). The van der Waals surface area contributed by atoms with E-state index in [-0.39, 0.29) is 0 Å². The fraction of sp³-hybridized carbons (Fsp3) is 1.00. The molecule has 2 nitrogen and oxygen atoms in total. The van der Waals surface area contributed by atoms with Crippen molar-refractivity contribution >= 4 is 10.2 Å². The lowest BCUT2D eigenvalue weighted by molar-refractivity contribution is 0.272. The van der Waals surface area contributed by atoms with Crippen molar-refractivity contribution in [1.82, 2.24) is 10.6 Å². The maximum absolute atomic E-state index is 3.48. The molecule has 0 aliphatic heterocycles. The molecule has 0 saturated carbocycles. The van der Waals surface area contributed by atoms with Gasteiger partial charge in [-0.25, -0.2) is 0 Å². The van der Waals surface area contributed by atoms with Gasteiger partial charge in [0.15, 0.2) is 0 Å². The lowest BCUT2D eigenvalue weighted by Gasteiger charge is -2.40. The predicted octanol–water partition coefficient (Wildman–Crippen LogP) is -0.0785. The first-order valence-corrected chi connectivity index (χ1v) is 5.89. The summed E-state index contributed by atoms with van der Waals surface area (Å²) in [4.78, 5) is 0. The van der Waals surface area contributed by atoms with Crippen molar-refractivity contribution in [2.45, 2.75) is 38.4 Å². The van der Waals surface area contributed by atoms with Gasteiger partial charge in [0, 0.05) is 21.4 Å². The maximum atomic E-state index is 3.48. The van der Waals surface area contributed by atoms with Crippen LogP contribution in [0.3, 0.4) is 0 Å². The molecule has 0 heterocycles. The van der Waals surface area contributed by atoms with E-state index in [1.807, 2.05) is 7.05 Å². The molecule has 3 unspecified atom stereocenters. The summed E-state index contributed by atoms with van der Waals surface area (Å²) in [7, 11) is 5.30. The van der Waals surface area contributed by atoms with Crippen molar-refractivity contribution in [2.24, 2.45) is 5.92 Å². The van der Waals surface area contributed by atoms with Gasteiger partial charge < -0.3 is 10.6 Å². The van der Waals surface area contributed by atoms with Crippen LogP contribution in [-0.4, -0.2) is 35.5 Å². The molecule has 0 saturated heterocycles. The topological polar surface area (TPSA) is 24.1 Å². The van der Waals surface area contributed by atoms with Crippen LogP contribution in [0.4, 0.5) is 0 Å². The summed E-state index contributed by atoms with van der Waals surface area (Å²) >= 11 is 0. The fourth-order valence-electron chi connectivity index (χ4n) is 1.61. The molecule has 0 aromatic heterocycles. The number of likely N-dealkylation sites (N-methyl/N-ethyl adjacent to an activating group) is 2. The van der Waals surface area contributed by atoms with Gasteiger partial charge in [-0.15, -0.1) is 0 Å². The molecule has 0 amide bonds. The Morgan fingerprint density at radius 1 is 1.33 bits per heavy atom. The summed E-state index contributed by atoms with van der Waals surface area (Å²) in [6.45, 7) is 6.85. The van der Waals surface area contributed by atoms with E-state index >= 15 is 0 Å². The van der Waals surface area contributed by atoms with E-state index in [2.05, 4.69) is 38.5 Å². The SMILES string of the molecule is CCC(C)C([SiH3])(NC)C(C)NC. The summed E-state index contributed by atoms with van der Waals surface area (Å²) in [6.07, 6.45) is 1.25. The molecule has 0 aromatic carbocycles. The first kappa shape index (κ1) is 12.1. The fourth-order valence-corrected chi connectivity index (χ4v) is 2.31. The average Bonchev–Trinajstić information content (AvgIpc) is 2.13. The van der Waals surface area contributed by atoms with Crippen molar-refractivity contribution in [1.29, 1.82) is 0 Å². The summed E-state index contributed by atoms with van der Waals surface area (Å²) in [6, 6.07) is 0.559. The monoisotopic (exact) mass is 188 g/mol. The van der Waals surface area contributed by atoms with Gasteiger partial charge in [-0.3, -0.25) is 0 Å². The summed E-state index contributed by atoms with van der Waals surface area (Å²) in [5, 5.41) is 7.16. The highest BCUT2D eigenvalue weighted by atomic mass is 28.1. The van der Waals surface area contributed by atoms with E-state index in [9.17, 15) is 0 Å². The normalized spacial score (nSPS) is 21.8. The van der Waals surface area contributed by atoms with Crippen LogP contribution < -0.4 is 10.6 Å². The summed E-state index contributed by atoms with van der Waals surface area (Å²) < 4.78 is 0. The van der Waals surface area contributed by atoms with E-state index in [4.69, 9.17) is 0 Å². The van der Waals surface area contributed by atoms with Crippen molar-refractivity contribution in [3.05, 3.63) is 0 Å². The molecule has 0 aromatic rings. The van der Waals surface area contributed by atoms with E-state index in [0.29, 0.717) is 11.2 Å². The molecule has 74 valence electrons. The first-order chi connectivity index (χ1) is 5.52. The predicted molar refractivity (Wildman–Crippen MR) is 59.7 cm³/mol. The van der Waals surface area contributed by atoms with Crippen LogP contribution in [0.5, 0.6) is 0 Å². The second-order valence-electron chi connectivity index (χ2n) is 3.85. The van der Waals surface area contributed by atoms with Crippen LogP contribution in [0, 0.1) is 5.92 Å². The van der Waals surface area contributed by atoms with Gasteiger partial charge in [0.25, 0.3) is 0 Å². The number of nitrogens with one attached hydrogen (secondary N) is 2. The van der Waals surface area contributed by atoms with Crippen LogP contribution >= 0.6 is 0 Å². The van der Waals surface area contributed by atoms with Gasteiger partial charge in [0.05, 0.1) is 0 Å². The van der Waals surface area contributed by atoms with Crippen molar-refractivity contribution < 1.29 is 0 Å². The Balaban J connectivity index is 4.42. The summed E-state index contributed by atoms with van der Waals surface area (Å²) in [5.74, 6) is 0.747. The quantitative estimate of drug-likeness (QED) is 0.590. The molecule has 0 bridgehead atoms. The summed E-state index contributed by atoms with van der Waals surface area (Å²) in [5.41, 5.74) is 0. The second-order valence-corrected chi connectivity index (χ2v) is 5.51. The van der Waals surface area contributed by atoms with Crippen molar-refractivity contribution in [3.63, 3.8) is 0 Å². The molecule has 2 N–H and O–H groups in total. The van der Waals surface area contributed by atoms with E-state index < -0.39 is 0 Å². The van der Waals surface area contributed by atoms with Crippen LogP contribution in [0.15, 0.2) is 0 Å². The third kappa shape index (κ3) is 2.31. The van der Waals surface area contributed by atoms with Gasteiger partial charge in [0.1, 0.15) is 0 Å². The molecule has 0 radical (unpaired) electrons. The largest absolute Gasteiger partial charge is 0.316 e. The minimum absolute atomic E-state index is 0.337. The van der Waals surface area contributed by atoms with Crippen LogP contribution in [0.1, 0.15) is 27.2 Å². The standard InChI is InChI=1S/C9H24N2Si/c1-6-7(2)9(12,11-5)8(3)10-4/h7-8,10-11H,6H2,1-5,12H3. The molecule has 3 heteroatoms. The maximum Gasteiger partial charge on any atom is 0.0304 e. The van der Waals surface area contributed by atoms with Gasteiger partial charge >= 0.3 is 0 Å². The molecular weight excluding hydrogens is 164 g/mol. The number of hydrogen-bond acceptors (Lipinski definition) is 2. The zero-order valence-electron chi connectivity index (χ0n) is 9.36. The van der Waals surface area contributed by atoms with E-state index in [1.165, 1.54) is 16.7 Å². The third-order valence-corrected chi connectivity index (χ3v) is 5.86. The lowest BCUT2D eigenvalue weighted by Crippen LogP contribution is -2.61. The van der Waals surface area contributed by atoms with Gasteiger partial charge in [-0.05, 0) is 26.9 Å². The Hall–Kier alpha value is 0.137. The molecule has 3 atom stereocenters.